The summed E-state index contributed by atoms with van der Waals surface area (Å²) < 4.78 is 0. The van der Waals surface area contributed by atoms with Crippen molar-refractivity contribution in [2.24, 2.45) is 5.92 Å². The van der Waals surface area contributed by atoms with Crippen molar-refractivity contribution in [1.82, 2.24) is 4.98 Å². The Labute approximate surface area is 95.7 Å². The van der Waals surface area contributed by atoms with Gasteiger partial charge in [0.2, 0.25) is 0 Å². The van der Waals surface area contributed by atoms with Gasteiger partial charge in [-0.1, -0.05) is 6.92 Å². The van der Waals surface area contributed by atoms with Crippen molar-refractivity contribution in [3.63, 3.8) is 0 Å². The van der Waals surface area contributed by atoms with Gasteiger partial charge < -0.3 is 10.6 Å². The smallest absolute Gasteiger partial charge is 0.146 e. The SMILES string of the molecule is CC1CCN(c2ncc(N)cc2C#N)CC1. The van der Waals surface area contributed by atoms with Gasteiger partial charge >= 0.3 is 0 Å². The Morgan fingerprint density at radius 2 is 2.19 bits per heavy atom. The number of hydrogen-bond donors (Lipinski definition) is 1. The zero-order valence-corrected chi connectivity index (χ0v) is 9.48. The first-order valence-corrected chi connectivity index (χ1v) is 5.61. The minimum absolute atomic E-state index is 0.547. The van der Waals surface area contributed by atoms with Crippen molar-refractivity contribution in [3.05, 3.63) is 17.8 Å². The van der Waals surface area contributed by atoms with Gasteiger partial charge in [0.15, 0.2) is 0 Å². The lowest BCUT2D eigenvalue weighted by atomic mass is 9.99. The molecule has 1 aliphatic heterocycles. The number of nitrogen functional groups attached to an aromatic ring is 1. The molecule has 16 heavy (non-hydrogen) atoms. The highest BCUT2D eigenvalue weighted by Crippen LogP contribution is 2.24. The van der Waals surface area contributed by atoms with Gasteiger partial charge in [-0.15, -0.1) is 0 Å². The second kappa shape index (κ2) is 4.40. The van der Waals surface area contributed by atoms with E-state index in [4.69, 9.17) is 11.0 Å². The molecule has 0 radical (unpaired) electrons. The number of hydrogen-bond acceptors (Lipinski definition) is 4. The fourth-order valence-electron chi connectivity index (χ4n) is 2.03. The zero-order chi connectivity index (χ0) is 11.5. The number of nitrogens with zero attached hydrogens (tertiary/aromatic N) is 3. The molecule has 4 nitrogen and oxygen atoms in total. The molecule has 0 atom stereocenters. The van der Waals surface area contributed by atoms with E-state index in [9.17, 15) is 0 Å². The maximum atomic E-state index is 9.05. The molecule has 1 fully saturated rings. The first-order valence-electron chi connectivity index (χ1n) is 5.61. The van der Waals surface area contributed by atoms with Crippen LogP contribution in [0.15, 0.2) is 12.3 Å². The minimum Gasteiger partial charge on any atom is -0.397 e. The molecule has 84 valence electrons. The third-order valence-electron chi connectivity index (χ3n) is 3.09. The number of nitriles is 1. The molecular formula is C12H16N4. The highest BCUT2D eigenvalue weighted by molar-refractivity contribution is 5.58. The van der Waals surface area contributed by atoms with Crippen molar-refractivity contribution < 1.29 is 0 Å². The number of nitrogens with two attached hydrogens (primary N) is 1. The molecule has 0 aliphatic carbocycles. The molecule has 1 aliphatic rings. The molecule has 1 saturated heterocycles. The molecular weight excluding hydrogens is 200 g/mol. The molecule has 0 saturated carbocycles. The molecule has 1 aromatic heterocycles. The van der Waals surface area contributed by atoms with E-state index in [1.54, 1.807) is 12.3 Å². The van der Waals surface area contributed by atoms with Crippen LogP contribution in [-0.2, 0) is 0 Å². The van der Waals surface area contributed by atoms with E-state index in [0.717, 1.165) is 37.7 Å². The Morgan fingerprint density at radius 3 is 2.81 bits per heavy atom. The molecule has 0 spiro atoms. The van der Waals surface area contributed by atoms with Crippen LogP contribution < -0.4 is 10.6 Å². The standard InChI is InChI=1S/C12H16N4/c1-9-2-4-16(5-3-9)12-10(7-13)6-11(14)8-15-12/h6,8-9H,2-5,14H2,1H3. The van der Waals surface area contributed by atoms with Crippen LogP contribution in [-0.4, -0.2) is 18.1 Å². The average molecular weight is 216 g/mol. The first kappa shape index (κ1) is 10.7. The van der Waals surface area contributed by atoms with Crippen molar-refractivity contribution in [1.29, 1.82) is 5.26 Å². The number of aromatic nitrogens is 1. The highest BCUT2D eigenvalue weighted by atomic mass is 15.2. The van der Waals surface area contributed by atoms with Crippen LogP contribution in [0.1, 0.15) is 25.3 Å². The van der Waals surface area contributed by atoms with Gasteiger partial charge in [-0.25, -0.2) is 4.98 Å². The molecule has 2 heterocycles. The molecule has 0 aromatic carbocycles. The maximum Gasteiger partial charge on any atom is 0.146 e. The Hall–Kier alpha value is -1.76. The van der Waals surface area contributed by atoms with Gasteiger partial charge in [0.05, 0.1) is 17.4 Å². The molecule has 1 aromatic rings. The van der Waals surface area contributed by atoms with Crippen LogP contribution in [0.2, 0.25) is 0 Å². The van der Waals surface area contributed by atoms with E-state index < -0.39 is 0 Å². The van der Waals surface area contributed by atoms with Gasteiger partial charge in [0.1, 0.15) is 11.9 Å². The predicted octanol–water partition coefficient (Wildman–Crippen LogP) is 1.77. The summed E-state index contributed by atoms with van der Waals surface area (Å²) in [6.45, 7) is 4.22. The third-order valence-corrected chi connectivity index (χ3v) is 3.09. The predicted molar refractivity (Wildman–Crippen MR) is 64.0 cm³/mol. The monoisotopic (exact) mass is 216 g/mol. The van der Waals surface area contributed by atoms with Gasteiger partial charge in [-0.2, -0.15) is 5.26 Å². The van der Waals surface area contributed by atoms with E-state index >= 15 is 0 Å². The fourth-order valence-corrected chi connectivity index (χ4v) is 2.03. The Kier molecular flexibility index (Phi) is 2.95. The lowest BCUT2D eigenvalue weighted by Gasteiger charge is -2.31. The minimum atomic E-state index is 0.547. The third kappa shape index (κ3) is 2.08. The van der Waals surface area contributed by atoms with Crippen LogP contribution in [0.5, 0.6) is 0 Å². The van der Waals surface area contributed by atoms with Gasteiger partial charge in [-0.3, -0.25) is 0 Å². The summed E-state index contributed by atoms with van der Waals surface area (Å²) in [6, 6.07) is 3.86. The van der Waals surface area contributed by atoms with Crippen molar-refractivity contribution in [3.8, 4) is 6.07 Å². The lowest BCUT2D eigenvalue weighted by molar-refractivity contribution is 0.436. The second-order valence-corrected chi connectivity index (χ2v) is 4.42. The summed E-state index contributed by atoms with van der Waals surface area (Å²) >= 11 is 0. The van der Waals surface area contributed by atoms with Crippen LogP contribution in [0.25, 0.3) is 0 Å². The first-order chi connectivity index (χ1) is 7.70. The quantitative estimate of drug-likeness (QED) is 0.777. The summed E-state index contributed by atoms with van der Waals surface area (Å²) in [4.78, 5) is 6.45. The average Bonchev–Trinajstić information content (AvgIpc) is 2.30. The largest absolute Gasteiger partial charge is 0.397 e. The van der Waals surface area contributed by atoms with Crippen molar-refractivity contribution >= 4 is 11.5 Å². The van der Waals surface area contributed by atoms with E-state index in [1.807, 2.05) is 0 Å². The van der Waals surface area contributed by atoms with Crippen molar-refractivity contribution in [2.75, 3.05) is 23.7 Å². The van der Waals surface area contributed by atoms with E-state index in [2.05, 4.69) is 22.9 Å². The van der Waals surface area contributed by atoms with Gasteiger partial charge in [-0.05, 0) is 24.8 Å². The normalized spacial score (nSPS) is 17.1. The highest BCUT2D eigenvalue weighted by Gasteiger charge is 2.19. The fraction of sp³-hybridized carbons (Fsp3) is 0.500. The topological polar surface area (TPSA) is 65.9 Å². The van der Waals surface area contributed by atoms with E-state index in [-0.39, 0.29) is 0 Å². The number of piperidine rings is 1. The molecule has 0 bridgehead atoms. The zero-order valence-electron chi connectivity index (χ0n) is 9.48. The maximum absolute atomic E-state index is 9.05. The van der Waals surface area contributed by atoms with E-state index in [1.165, 1.54) is 0 Å². The second-order valence-electron chi connectivity index (χ2n) is 4.42. The summed E-state index contributed by atoms with van der Waals surface area (Å²) in [5, 5.41) is 9.05. The molecule has 0 unspecified atom stereocenters. The number of anilines is 2. The van der Waals surface area contributed by atoms with Gasteiger partial charge in [0.25, 0.3) is 0 Å². The summed E-state index contributed by atoms with van der Waals surface area (Å²) in [5.41, 5.74) is 6.75. The summed E-state index contributed by atoms with van der Waals surface area (Å²) in [5.74, 6) is 1.55. The number of rotatable bonds is 1. The summed E-state index contributed by atoms with van der Waals surface area (Å²) in [6.07, 6.45) is 3.95. The van der Waals surface area contributed by atoms with Crippen LogP contribution in [0.4, 0.5) is 11.5 Å². The number of pyridine rings is 1. The van der Waals surface area contributed by atoms with Crippen LogP contribution in [0, 0.1) is 17.2 Å². The van der Waals surface area contributed by atoms with Crippen molar-refractivity contribution in [2.45, 2.75) is 19.8 Å². The Balaban J connectivity index is 2.24. The van der Waals surface area contributed by atoms with E-state index in [0.29, 0.717) is 11.3 Å². The molecule has 0 amide bonds. The Morgan fingerprint density at radius 1 is 1.50 bits per heavy atom. The summed E-state index contributed by atoms with van der Waals surface area (Å²) in [7, 11) is 0. The molecule has 2 N–H and O–H groups in total. The van der Waals surface area contributed by atoms with Gasteiger partial charge in [0, 0.05) is 13.1 Å². The molecule has 4 heteroatoms. The van der Waals surface area contributed by atoms with Crippen LogP contribution in [0.3, 0.4) is 0 Å². The Bertz CT molecular complexity index is 414. The van der Waals surface area contributed by atoms with Crippen LogP contribution >= 0.6 is 0 Å². The molecule has 2 rings (SSSR count). The lowest BCUT2D eigenvalue weighted by Crippen LogP contribution is -2.33.